The van der Waals surface area contributed by atoms with Gasteiger partial charge in [0, 0.05) is 20.6 Å². The maximum Gasteiger partial charge on any atom is 1.00 e. The van der Waals surface area contributed by atoms with E-state index in [1.165, 1.54) is 23.1 Å². The van der Waals surface area contributed by atoms with Crippen molar-refractivity contribution >= 4 is 16.9 Å². The van der Waals surface area contributed by atoms with E-state index in [4.69, 9.17) is 0 Å². The predicted molar refractivity (Wildman–Crippen MR) is 103 cm³/mol. The molecule has 9 nitrogen and oxygen atoms in total. The Morgan fingerprint density at radius 3 is 2.25 bits per heavy atom. The molecule has 0 atom stereocenters. The number of fused-ring (bicyclic) bond motifs is 3. The van der Waals surface area contributed by atoms with Crippen molar-refractivity contribution in [2.75, 3.05) is 0 Å². The largest absolute Gasteiger partial charge is 1.00 e. The summed E-state index contributed by atoms with van der Waals surface area (Å²) in [7, 11) is 2.88. The standard InChI is InChI=1S/C18H25N5O4.Na/c1-5-7-8-10-22-14(24)11(9-6-2)15(25)23-12-13(19-17(22)23)20(3)18(27)21(4)16(12)26;/h24H,5-10H2,1-4H3;/q;+1. The average molecular weight is 398 g/mol. The molecule has 0 aromatic carbocycles. The second kappa shape index (κ2) is 8.67. The van der Waals surface area contributed by atoms with Gasteiger partial charge in [-0.25, -0.2) is 9.20 Å². The molecule has 146 valence electrons. The fourth-order valence-corrected chi connectivity index (χ4v) is 3.44. The van der Waals surface area contributed by atoms with Crippen LogP contribution in [0.15, 0.2) is 14.4 Å². The summed E-state index contributed by atoms with van der Waals surface area (Å²) < 4.78 is 5.03. The minimum Gasteiger partial charge on any atom is -0.494 e. The van der Waals surface area contributed by atoms with E-state index in [1.54, 1.807) is 4.57 Å². The number of aromatic nitrogens is 5. The van der Waals surface area contributed by atoms with Crippen LogP contribution in [0.1, 0.15) is 45.1 Å². The van der Waals surface area contributed by atoms with Gasteiger partial charge in [-0.2, -0.15) is 4.98 Å². The first-order valence-corrected chi connectivity index (χ1v) is 9.27. The normalized spacial score (nSPS) is 11.3. The van der Waals surface area contributed by atoms with Crippen molar-refractivity contribution in [3.8, 4) is 5.88 Å². The Bertz CT molecular complexity index is 1200. The van der Waals surface area contributed by atoms with Gasteiger partial charge >= 0.3 is 35.2 Å². The van der Waals surface area contributed by atoms with Gasteiger partial charge in [-0.05, 0) is 12.8 Å². The number of nitrogens with zero attached hydrogens (tertiary/aromatic N) is 5. The number of aryl methyl sites for hydroxylation is 2. The van der Waals surface area contributed by atoms with E-state index >= 15 is 0 Å². The first kappa shape index (κ1) is 22.4. The van der Waals surface area contributed by atoms with E-state index in [9.17, 15) is 19.5 Å². The molecule has 0 radical (unpaired) electrons. The zero-order valence-electron chi connectivity index (χ0n) is 17.2. The molecule has 0 aliphatic heterocycles. The van der Waals surface area contributed by atoms with Gasteiger partial charge in [-0.3, -0.25) is 23.3 Å². The first-order valence-electron chi connectivity index (χ1n) is 9.27. The topological polar surface area (TPSA) is 104 Å². The van der Waals surface area contributed by atoms with Crippen LogP contribution in [-0.2, 0) is 27.1 Å². The van der Waals surface area contributed by atoms with Gasteiger partial charge < -0.3 is 5.11 Å². The SMILES string of the molecule is CCCCCn1c(O)c(CCC)c(=O)n2c3c(=O)n(C)c(=O)n(C)c3nc12.[Na+]. The fourth-order valence-electron chi connectivity index (χ4n) is 3.44. The van der Waals surface area contributed by atoms with Crippen LogP contribution in [0.25, 0.3) is 16.9 Å². The van der Waals surface area contributed by atoms with E-state index in [-0.39, 0.29) is 57.9 Å². The van der Waals surface area contributed by atoms with Gasteiger partial charge in [0.2, 0.25) is 11.7 Å². The molecule has 0 fully saturated rings. The summed E-state index contributed by atoms with van der Waals surface area (Å²) in [6.07, 6.45) is 3.83. The van der Waals surface area contributed by atoms with Gasteiger partial charge in [-0.15, -0.1) is 0 Å². The molecule has 0 saturated carbocycles. The smallest absolute Gasteiger partial charge is 0.494 e. The van der Waals surface area contributed by atoms with Crippen molar-refractivity contribution in [2.45, 2.75) is 52.5 Å². The maximum absolute atomic E-state index is 13.1. The van der Waals surface area contributed by atoms with E-state index < -0.39 is 16.8 Å². The number of unbranched alkanes of at least 4 members (excludes halogenated alkanes) is 2. The van der Waals surface area contributed by atoms with Gasteiger partial charge in [0.05, 0.1) is 5.56 Å². The molecule has 28 heavy (non-hydrogen) atoms. The van der Waals surface area contributed by atoms with Crippen LogP contribution in [0.2, 0.25) is 0 Å². The third kappa shape index (κ3) is 3.35. The zero-order chi connectivity index (χ0) is 19.9. The summed E-state index contributed by atoms with van der Waals surface area (Å²) in [5, 5.41) is 10.7. The molecule has 1 N–H and O–H groups in total. The van der Waals surface area contributed by atoms with Crippen LogP contribution < -0.4 is 46.4 Å². The molecular weight excluding hydrogens is 373 g/mol. The molecule has 0 aliphatic carbocycles. The quantitative estimate of drug-likeness (QED) is 0.378. The summed E-state index contributed by atoms with van der Waals surface area (Å²) in [6.45, 7) is 4.46. The van der Waals surface area contributed by atoms with Crippen molar-refractivity contribution in [3.05, 3.63) is 36.8 Å². The molecule has 0 amide bonds. The second-order valence-electron chi connectivity index (χ2n) is 6.84. The van der Waals surface area contributed by atoms with Crippen molar-refractivity contribution in [3.63, 3.8) is 0 Å². The van der Waals surface area contributed by atoms with E-state index in [1.807, 2.05) is 6.92 Å². The average Bonchev–Trinajstić information content (AvgIpc) is 3.05. The number of imidazole rings is 1. The first-order chi connectivity index (χ1) is 12.8. The van der Waals surface area contributed by atoms with Crippen molar-refractivity contribution in [1.82, 2.24) is 23.1 Å². The van der Waals surface area contributed by atoms with Crippen molar-refractivity contribution < 1.29 is 34.7 Å². The molecule has 0 spiro atoms. The van der Waals surface area contributed by atoms with Gasteiger partial charge in [0.1, 0.15) is 0 Å². The molecule has 0 unspecified atom stereocenters. The predicted octanol–water partition coefficient (Wildman–Crippen LogP) is -2.10. The molecule has 0 aliphatic rings. The summed E-state index contributed by atoms with van der Waals surface area (Å²) in [4.78, 5) is 42.4. The van der Waals surface area contributed by atoms with E-state index in [0.29, 0.717) is 19.4 Å². The summed E-state index contributed by atoms with van der Waals surface area (Å²) in [5.41, 5.74) is -1.10. The van der Waals surface area contributed by atoms with Crippen LogP contribution in [0, 0.1) is 0 Å². The Hall–Kier alpha value is -1.84. The zero-order valence-corrected chi connectivity index (χ0v) is 19.2. The van der Waals surface area contributed by atoms with Gasteiger partial charge in [-0.1, -0.05) is 33.1 Å². The van der Waals surface area contributed by atoms with Crippen molar-refractivity contribution in [2.24, 2.45) is 14.1 Å². The Morgan fingerprint density at radius 1 is 0.964 bits per heavy atom. The van der Waals surface area contributed by atoms with E-state index in [2.05, 4.69) is 11.9 Å². The molecule has 3 aromatic rings. The van der Waals surface area contributed by atoms with Crippen LogP contribution >= 0.6 is 0 Å². The van der Waals surface area contributed by atoms with E-state index in [0.717, 1.165) is 23.8 Å². The van der Waals surface area contributed by atoms with Crippen LogP contribution in [0.5, 0.6) is 5.88 Å². The molecular formula is C18H25N5NaO4+. The minimum absolute atomic E-state index is 0. The van der Waals surface area contributed by atoms with Crippen LogP contribution in [0.4, 0.5) is 0 Å². The molecule has 3 heterocycles. The third-order valence-corrected chi connectivity index (χ3v) is 4.95. The summed E-state index contributed by atoms with van der Waals surface area (Å²) in [5.74, 6) is 0.0735. The molecule has 3 aromatic heterocycles. The van der Waals surface area contributed by atoms with Gasteiger partial charge in [0.25, 0.3) is 11.1 Å². The molecule has 10 heteroatoms. The Morgan fingerprint density at radius 2 is 1.64 bits per heavy atom. The number of aromatic hydroxyl groups is 1. The molecule has 3 rings (SSSR count). The Balaban J connectivity index is 0.00000280. The summed E-state index contributed by atoms with van der Waals surface area (Å²) >= 11 is 0. The Labute approximate surface area is 183 Å². The molecule has 0 bridgehead atoms. The minimum atomic E-state index is -0.578. The summed E-state index contributed by atoms with van der Waals surface area (Å²) in [6, 6.07) is 0. The maximum atomic E-state index is 13.1. The number of hydrogen-bond acceptors (Lipinski definition) is 5. The Kier molecular flexibility index (Phi) is 6.95. The van der Waals surface area contributed by atoms with Crippen LogP contribution in [0.3, 0.4) is 0 Å². The molecule has 0 saturated heterocycles. The van der Waals surface area contributed by atoms with Crippen molar-refractivity contribution in [1.29, 1.82) is 0 Å². The number of hydrogen-bond donors (Lipinski definition) is 1. The second-order valence-corrected chi connectivity index (χ2v) is 6.84. The number of rotatable bonds is 6. The third-order valence-electron chi connectivity index (χ3n) is 4.95. The monoisotopic (exact) mass is 398 g/mol. The van der Waals surface area contributed by atoms with Crippen LogP contribution in [-0.4, -0.2) is 28.2 Å². The van der Waals surface area contributed by atoms with Gasteiger partial charge in [0.15, 0.2) is 11.2 Å². The fraction of sp³-hybridized carbons (Fsp3) is 0.556.